The molecule has 1 N–H and O–H groups in total. The summed E-state index contributed by atoms with van der Waals surface area (Å²) in [7, 11) is 0. The Hall–Kier alpha value is -1.17. The zero-order chi connectivity index (χ0) is 16.1. The van der Waals surface area contributed by atoms with Crippen LogP contribution in [0.3, 0.4) is 0 Å². The lowest BCUT2D eigenvalue weighted by atomic mass is 10.0. The molecule has 1 aliphatic rings. The lowest BCUT2D eigenvalue weighted by Crippen LogP contribution is -2.46. The largest absolute Gasteiger partial charge is 0.480 e. The van der Waals surface area contributed by atoms with Gasteiger partial charge in [0, 0.05) is 23.2 Å². The van der Waals surface area contributed by atoms with Crippen molar-refractivity contribution < 1.29 is 14.3 Å². The number of carboxylic acid groups (broad SMARTS) is 1. The number of likely N-dealkylation sites (tertiary alicyclic amines) is 1. The minimum absolute atomic E-state index is 0.0903. The Morgan fingerprint density at radius 2 is 2.14 bits per heavy atom. The second-order valence-corrected chi connectivity index (χ2v) is 6.14. The van der Waals surface area contributed by atoms with Crippen LogP contribution in [0.1, 0.15) is 25.3 Å². The molecule has 1 aliphatic heterocycles. The maximum Gasteiger partial charge on any atom is 0.317 e. The highest BCUT2D eigenvalue weighted by Gasteiger charge is 2.25. The molecule has 1 fully saturated rings. The van der Waals surface area contributed by atoms with Gasteiger partial charge in [-0.25, -0.2) is 4.39 Å². The van der Waals surface area contributed by atoms with Gasteiger partial charge in [0.25, 0.3) is 0 Å². The average Bonchev–Trinajstić information content (AvgIpc) is 2.48. The molecule has 0 aromatic heterocycles. The number of carbonyl (C=O) groups is 1. The van der Waals surface area contributed by atoms with E-state index in [0.29, 0.717) is 23.2 Å². The molecular weight excluding hydrogens is 307 g/mol. The summed E-state index contributed by atoms with van der Waals surface area (Å²) < 4.78 is 13.8. The van der Waals surface area contributed by atoms with E-state index in [1.165, 1.54) is 6.07 Å². The molecule has 22 heavy (non-hydrogen) atoms. The topological polar surface area (TPSA) is 43.8 Å². The number of likely N-dealkylation sites (N-methyl/N-ethyl adjacent to an activating group) is 1. The predicted molar refractivity (Wildman–Crippen MR) is 84.6 cm³/mol. The van der Waals surface area contributed by atoms with Crippen LogP contribution in [0.15, 0.2) is 18.2 Å². The van der Waals surface area contributed by atoms with Crippen LogP contribution in [-0.4, -0.2) is 53.1 Å². The predicted octanol–water partition coefficient (Wildman–Crippen LogP) is 2.85. The number of carboxylic acids is 1. The van der Waals surface area contributed by atoms with Crippen LogP contribution in [0, 0.1) is 5.82 Å². The molecule has 0 radical (unpaired) electrons. The van der Waals surface area contributed by atoms with Gasteiger partial charge in [0.05, 0.1) is 6.54 Å². The molecule has 1 aromatic rings. The first kappa shape index (κ1) is 17.2. The molecular formula is C16H22ClFN2O2. The van der Waals surface area contributed by atoms with Crippen LogP contribution in [0.5, 0.6) is 0 Å². The third kappa shape index (κ3) is 4.66. The molecule has 1 saturated heterocycles. The van der Waals surface area contributed by atoms with Crippen LogP contribution < -0.4 is 0 Å². The summed E-state index contributed by atoms with van der Waals surface area (Å²) >= 11 is 5.76. The second-order valence-electron chi connectivity index (χ2n) is 5.70. The van der Waals surface area contributed by atoms with E-state index in [1.807, 2.05) is 11.8 Å². The second kappa shape index (κ2) is 7.90. The summed E-state index contributed by atoms with van der Waals surface area (Å²) in [5.41, 5.74) is 0.653. The van der Waals surface area contributed by atoms with Crippen LogP contribution >= 0.6 is 11.6 Å². The fourth-order valence-electron chi connectivity index (χ4n) is 3.01. The molecule has 0 amide bonds. The van der Waals surface area contributed by atoms with Gasteiger partial charge in [-0.15, -0.1) is 0 Å². The van der Waals surface area contributed by atoms with Crippen molar-refractivity contribution in [2.24, 2.45) is 0 Å². The van der Waals surface area contributed by atoms with Crippen LogP contribution in [0.4, 0.5) is 4.39 Å². The van der Waals surface area contributed by atoms with Gasteiger partial charge < -0.3 is 5.11 Å². The summed E-state index contributed by atoms with van der Waals surface area (Å²) in [6, 6.07) is 5.08. The van der Waals surface area contributed by atoms with Crippen LogP contribution in [0.25, 0.3) is 0 Å². The number of hydrogen-bond acceptors (Lipinski definition) is 3. The molecule has 4 nitrogen and oxygen atoms in total. The highest BCUT2D eigenvalue weighted by molar-refractivity contribution is 6.30. The molecule has 1 aromatic carbocycles. The van der Waals surface area contributed by atoms with Crippen LogP contribution in [0.2, 0.25) is 5.02 Å². The van der Waals surface area contributed by atoms with E-state index in [2.05, 4.69) is 4.90 Å². The molecule has 6 heteroatoms. The molecule has 0 bridgehead atoms. The SMILES string of the molecule is CCN(CC(=O)O)C1CCN(Cc2ccc(Cl)cc2F)CC1. The Morgan fingerprint density at radius 1 is 1.45 bits per heavy atom. The molecule has 0 spiro atoms. The summed E-state index contributed by atoms with van der Waals surface area (Å²) in [4.78, 5) is 15.1. The van der Waals surface area contributed by atoms with E-state index in [4.69, 9.17) is 16.7 Å². The van der Waals surface area contributed by atoms with E-state index < -0.39 is 5.97 Å². The normalized spacial score (nSPS) is 17.1. The third-order valence-electron chi connectivity index (χ3n) is 4.23. The van der Waals surface area contributed by atoms with Crippen molar-refractivity contribution in [2.75, 3.05) is 26.2 Å². The zero-order valence-electron chi connectivity index (χ0n) is 12.8. The van der Waals surface area contributed by atoms with Gasteiger partial charge in [-0.1, -0.05) is 24.6 Å². The first-order valence-electron chi connectivity index (χ1n) is 7.61. The van der Waals surface area contributed by atoms with Crippen molar-refractivity contribution >= 4 is 17.6 Å². The molecule has 1 heterocycles. The number of aliphatic carboxylic acids is 1. The summed E-state index contributed by atoms with van der Waals surface area (Å²) in [6.45, 7) is 5.08. The summed E-state index contributed by atoms with van der Waals surface area (Å²) in [6.07, 6.45) is 1.83. The van der Waals surface area contributed by atoms with Gasteiger partial charge in [0.2, 0.25) is 0 Å². The quantitative estimate of drug-likeness (QED) is 0.872. The number of rotatable bonds is 6. The lowest BCUT2D eigenvalue weighted by Gasteiger charge is -2.37. The Labute approximate surface area is 135 Å². The van der Waals surface area contributed by atoms with Gasteiger partial charge in [0.15, 0.2) is 0 Å². The minimum Gasteiger partial charge on any atom is -0.480 e. The standard InChI is InChI=1S/C16H22ClFN2O2/c1-2-20(11-16(21)22)14-5-7-19(8-6-14)10-12-3-4-13(17)9-15(12)18/h3-4,9,14H,2,5-8,10-11H2,1H3,(H,21,22). The monoisotopic (exact) mass is 328 g/mol. The molecule has 122 valence electrons. The van der Waals surface area contributed by atoms with Crippen molar-refractivity contribution in [3.05, 3.63) is 34.6 Å². The van der Waals surface area contributed by atoms with Gasteiger partial charge in [0.1, 0.15) is 5.82 Å². The first-order chi connectivity index (χ1) is 10.5. The maximum absolute atomic E-state index is 13.8. The molecule has 0 saturated carbocycles. The van der Waals surface area contributed by atoms with Crippen molar-refractivity contribution in [3.8, 4) is 0 Å². The molecule has 0 atom stereocenters. The van der Waals surface area contributed by atoms with Crippen LogP contribution in [-0.2, 0) is 11.3 Å². The molecule has 2 rings (SSSR count). The van der Waals surface area contributed by atoms with Gasteiger partial charge in [-0.05, 0) is 44.6 Å². The van der Waals surface area contributed by atoms with E-state index in [9.17, 15) is 9.18 Å². The third-order valence-corrected chi connectivity index (χ3v) is 4.46. The lowest BCUT2D eigenvalue weighted by molar-refractivity contribution is -0.139. The Kier molecular flexibility index (Phi) is 6.17. The highest BCUT2D eigenvalue weighted by Crippen LogP contribution is 2.21. The molecule has 0 aliphatic carbocycles. The van der Waals surface area contributed by atoms with Crippen molar-refractivity contribution in [1.29, 1.82) is 0 Å². The number of hydrogen-bond donors (Lipinski definition) is 1. The van der Waals surface area contributed by atoms with Gasteiger partial charge >= 0.3 is 5.97 Å². The summed E-state index contributed by atoms with van der Waals surface area (Å²) in [5.74, 6) is -1.05. The smallest absolute Gasteiger partial charge is 0.317 e. The number of halogens is 2. The Morgan fingerprint density at radius 3 is 2.68 bits per heavy atom. The molecule has 0 unspecified atom stereocenters. The first-order valence-corrected chi connectivity index (χ1v) is 7.99. The maximum atomic E-state index is 13.8. The summed E-state index contributed by atoms with van der Waals surface area (Å²) in [5, 5.41) is 9.35. The van der Waals surface area contributed by atoms with E-state index >= 15 is 0 Å². The fourth-order valence-corrected chi connectivity index (χ4v) is 3.17. The highest BCUT2D eigenvalue weighted by atomic mass is 35.5. The van der Waals surface area contributed by atoms with E-state index in [0.717, 1.165) is 32.5 Å². The van der Waals surface area contributed by atoms with Crippen molar-refractivity contribution in [1.82, 2.24) is 9.80 Å². The number of benzene rings is 1. The van der Waals surface area contributed by atoms with E-state index in [1.54, 1.807) is 12.1 Å². The number of piperidine rings is 1. The minimum atomic E-state index is -0.785. The Balaban J connectivity index is 1.87. The van der Waals surface area contributed by atoms with Crippen molar-refractivity contribution in [3.63, 3.8) is 0 Å². The zero-order valence-corrected chi connectivity index (χ0v) is 13.5. The average molecular weight is 329 g/mol. The van der Waals surface area contributed by atoms with Crippen molar-refractivity contribution in [2.45, 2.75) is 32.4 Å². The van der Waals surface area contributed by atoms with E-state index in [-0.39, 0.29) is 12.4 Å². The van der Waals surface area contributed by atoms with Gasteiger partial charge in [-0.2, -0.15) is 0 Å². The van der Waals surface area contributed by atoms with Gasteiger partial charge in [-0.3, -0.25) is 14.6 Å². The number of nitrogens with zero attached hydrogens (tertiary/aromatic N) is 2. The fraction of sp³-hybridized carbons (Fsp3) is 0.562. The Bertz CT molecular complexity index is 519.